The van der Waals surface area contributed by atoms with Crippen molar-refractivity contribution in [3.05, 3.63) is 53.6 Å². The predicted octanol–water partition coefficient (Wildman–Crippen LogP) is 4.02. The molecule has 0 fully saturated rings. The summed E-state index contributed by atoms with van der Waals surface area (Å²) in [7, 11) is 0. The molecule has 0 spiro atoms. The van der Waals surface area contributed by atoms with Gasteiger partial charge in [0.2, 0.25) is 0 Å². The molecule has 0 aliphatic rings. The summed E-state index contributed by atoms with van der Waals surface area (Å²) in [5, 5.41) is 12.2. The number of ether oxygens (including phenoxy) is 1. The van der Waals surface area contributed by atoms with Crippen LogP contribution in [0.4, 0.5) is 5.69 Å². The molecule has 2 rings (SSSR count). The number of nitrogens with one attached hydrogen (secondary N) is 1. The first-order chi connectivity index (χ1) is 9.56. The average molecular weight is 292 g/mol. The third kappa shape index (κ3) is 3.65. The number of rotatable bonds is 5. The van der Waals surface area contributed by atoms with Gasteiger partial charge < -0.3 is 15.2 Å². The summed E-state index contributed by atoms with van der Waals surface area (Å²) < 4.78 is 5.64. The van der Waals surface area contributed by atoms with Gasteiger partial charge >= 0.3 is 5.97 Å². The molecule has 0 heterocycles. The molecular weight excluding hydrogens is 278 g/mol. The predicted molar refractivity (Wildman–Crippen MR) is 78.7 cm³/mol. The van der Waals surface area contributed by atoms with Crippen molar-refractivity contribution in [1.82, 2.24) is 0 Å². The van der Waals surface area contributed by atoms with Crippen LogP contribution in [0.15, 0.2) is 48.5 Å². The van der Waals surface area contributed by atoms with Gasteiger partial charge in [-0.3, -0.25) is 4.79 Å². The lowest BCUT2D eigenvalue weighted by molar-refractivity contribution is -0.137. The number of para-hydroxylation sites is 1. The van der Waals surface area contributed by atoms with Crippen molar-refractivity contribution in [3.63, 3.8) is 0 Å². The van der Waals surface area contributed by atoms with Crippen LogP contribution in [0.5, 0.6) is 11.5 Å². The van der Waals surface area contributed by atoms with Gasteiger partial charge in [-0.2, -0.15) is 0 Å². The third-order valence-corrected chi connectivity index (χ3v) is 2.98. The Kier molecular flexibility index (Phi) is 4.48. The van der Waals surface area contributed by atoms with E-state index in [4.69, 9.17) is 21.4 Å². The van der Waals surface area contributed by atoms with Crippen LogP contribution in [0, 0.1) is 0 Å². The number of carboxylic acid groups (broad SMARTS) is 1. The lowest BCUT2D eigenvalue weighted by Gasteiger charge is -2.12. The van der Waals surface area contributed by atoms with Crippen LogP contribution in [-0.4, -0.2) is 17.1 Å². The molecule has 0 aliphatic heterocycles. The smallest absolute Gasteiger partial charge is 0.325 e. The van der Waals surface area contributed by atoms with Crippen LogP contribution in [0.2, 0.25) is 5.02 Å². The number of halogens is 1. The molecule has 104 valence electrons. The summed E-state index contributed by atoms with van der Waals surface area (Å²) in [5.74, 6) is 0.307. The molecule has 0 saturated heterocycles. The molecule has 0 bridgehead atoms. The zero-order valence-electron chi connectivity index (χ0n) is 10.8. The zero-order valence-corrected chi connectivity index (χ0v) is 11.6. The molecule has 0 saturated carbocycles. The van der Waals surface area contributed by atoms with E-state index in [1.54, 1.807) is 43.3 Å². The number of carboxylic acids is 1. The maximum atomic E-state index is 10.7. The van der Waals surface area contributed by atoms with E-state index in [0.717, 1.165) is 0 Å². The molecule has 2 aromatic carbocycles. The fourth-order valence-corrected chi connectivity index (χ4v) is 1.76. The van der Waals surface area contributed by atoms with Crippen LogP contribution in [0.1, 0.15) is 6.92 Å². The molecule has 1 unspecified atom stereocenters. The number of hydrogen-bond acceptors (Lipinski definition) is 3. The summed E-state index contributed by atoms with van der Waals surface area (Å²) >= 11 is 6.01. The Balaban J connectivity index is 2.05. The van der Waals surface area contributed by atoms with E-state index in [1.807, 2.05) is 12.1 Å². The van der Waals surface area contributed by atoms with Crippen LogP contribution in [0.3, 0.4) is 0 Å². The molecule has 20 heavy (non-hydrogen) atoms. The molecule has 2 N–H and O–H groups in total. The van der Waals surface area contributed by atoms with E-state index in [2.05, 4.69) is 5.32 Å². The normalized spacial score (nSPS) is 11.7. The van der Waals surface area contributed by atoms with Gasteiger partial charge in [0.25, 0.3) is 0 Å². The standard InChI is InChI=1S/C15H14ClNO3/c1-10(15(18)19)17-11-6-8-12(9-7-11)20-14-5-3-2-4-13(14)16/h2-10,17H,1H3,(H,18,19). The first-order valence-corrected chi connectivity index (χ1v) is 6.46. The van der Waals surface area contributed by atoms with Gasteiger partial charge in [0.1, 0.15) is 17.5 Å². The van der Waals surface area contributed by atoms with Gasteiger partial charge in [-0.05, 0) is 43.3 Å². The average Bonchev–Trinajstić information content (AvgIpc) is 2.43. The Morgan fingerprint density at radius 1 is 1.20 bits per heavy atom. The molecule has 2 aromatic rings. The van der Waals surface area contributed by atoms with E-state index in [0.29, 0.717) is 22.2 Å². The highest BCUT2D eigenvalue weighted by Gasteiger charge is 2.10. The number of carbonyl (C=O) groups is 1. The van der Waals surface area contributed by atoms with E-state index in [1.165, 1.54) is 0 Å². The van der Waals surface area contributed by atoms with Gasteiger partial charge in [-0.25, -0.2) is 0 Å². The molecule has 0 radical (unpaired) electrons. The fraction of sp³-hybridized carbons (Fsp3) is 0.133. The maximum absolute atomic E-state index is 10.7. The quantitative estimate of drug-likeness (QED) is 0.873. The summed E-state index contributed by atoms with van der Waals surface area (Å²) in [6.07, 6.45) is 0. The molecule has 4 nitrogen and oxygen atoms in total. The Hall–Kier alpha value is -2.20. The van der Waals surface area contributed by atoms with Crippen LogP contribution in [-0.2, 0) is 4.79 Å². The summed E-state index contributed by atoms with van der Waals surface area (Å²) in [6, 6.07) is 13.6. The highest BCUT2D eigenvalue weighted by atomic mass is 35.5. The van der Waals surface area contributed by atoms with Crippen molar-refractivity contribution in [2.75, 3.05) is 5.32 Å². The Morgan fingerprint density at radius 2 is 1.85 bits per heavy atom. The minimum atomic E-state index is -0.901. The molecule has 0 amide bonds. The number of benzene rings is 2. The Bertz CT molecular complexity index is 598. The topological polar surface area (TPSA) is 58.6 Å². The van der Waals surface area contributed by atoms with Gasteiger partial charge in [0.15, 0.2) is 0 Å². The lowest BCUT2D eigenvalue weighted by atomic mass is 10.2. The summed E-state index contributed by atoms with van der Waals surface area (Å²) in [6.45, 7) is 1.58. The Labute approximate surface area is 122 Å². The molecule has 5 heteroatoms. The minimum Gasteiger partial charge on any atom is -0.480 e. The monoisotopic (exact) mass is 291 g/mol. The van der Waals surface area contributed by atoms with E-state index in [-0.39, 0.29) is 0 Å². The van der Waals surface area contributed by atoms with Crippen molar-refractivity contribution in [2.24, 2.45) is 0 Å². The van der Waals surface area contributed by atoms with Crippen molar-refractivity contribution in [1.29, 1.82) is 0 Å². The van der Waals surface area contributed by atoms with E-state index >= 15 is 0 Å². The zero-order chi connectivity index (χ0) is 14.5. The van der Waals surface area contributed by atoms with Crippen molar-refractivity contribution >= 4 is 23.3 Å². The van der Waals surface area contributed by atoms with Gasteiger partial charge in [0.05, 0.1) is 5.02 Å². The highest BCUT2D eigenvalue weighted by molar-refractivity contribution is 6.32. The van der Waals surface area contributed by atoms with Gasteiger partial charge in [-0.15, -0.1) is 0 Å². The SMILES string of the molecule is CC(Nc1ccc(Oc2ccccc2Cl)cc1)C(=O)O. The first kappa shape index (κ1) is 14.2. The molecular formula is C15H14ClNO3. The first-order valence-electron chi connectivity index (χ1n) is 6.08. The molecule has 1 atom stereocenters. The van der Waals surface area contributed by atoms with Crippen LogP contribution >= 0.6 is 11.6 Å². The largest absolute Gasteiger partial charge is 0.480 e. The fourth-order valence-electron chi connectivity index (χ4n) is 1.59. The second-order valence-corrected chi connectivity index (χ2v) is 4.67. The number of aliphatic carboxylic acids is 1. The molecule has 0 aromatic heterocycles. The van der Waals surface area contributed by atoms with E-state index < -0.39 is 12.0 Å². The number of anilines is 1. The highest BCUT2D eigenvalue weighted by Crippen LogP contribution is 2.29. The van der Waals surface area contributed by atoms with E-state index in [9.17, 15) is 4.79 Å². The van der Waals surface area contributed by atoms with Crippen molar-refractivity contribution in [2.45, 2.75) is 13.0 Å². The Morgan fingerprint density at radius 3 is 2.45 bits per heavy atom. The van der Waals surface area contributed by atoms with Gasteiger partial charge in [0, 0.05) is 5.69 Å². The third-order valence-electron chi connectivity index (χ3n) is 2.67. The minimum absolute atomic E-state index is 0.536. The van der Waals surface area contributed by atoms with Crippen molar-refractivity contribution in [3.8, 4) is 11.5 Å². The summed E-state index contributed by atoms with van der Waals surface area (Å²) in [5.41, 5.74) is 0.714. The van der Waals surface area contributed by atoms with Crippen LogP contribution in [0.25, 0.3) is 0 Å². The number of hydrogen-bond donors (Lipinski definition) is 2. The van der Waals surface area contributed by atoms with Gasteiger partial charge in [-0.1, -0.05) is 23.7 Å². The molecule has 0 aliphatic carbocycles. The van der Waals surface area contributed by atoms with Crippen molar-refractivity contribution < 1.29 is 14.6 Å². The lowest BCUT2D eigenvalue weighted by Crippen LogP contribution is -2.25. The summed E-state index contributed by atoms with van der Waals surface area (Å²) in [4.78, 5) is 10.7. The van der Waals surface area contributed by atoms with Crippen LogP contribution < -0.4 is 10.1 Å². The maximum Gasteiger partial charge on any atom is 0.325 e. The second kappa shape index (κ2) is 6.30. The second-order valence-electron chi connectivity index (χ2n) is 4.26.